The van der Waals surface area contributed by atoms with Crippen LogP contribution in [-0.4, -0.2) is 18.1 Å². The van der Waals surface area contributed by atoms with Crippen LogP contribution in [0.4, 0.5) is 0 Å². The van der Waals surface area contributed by atoms with E-state index < -0.39 is 11.5 Å². The van der Waals surface area contributed by atoms with Gasteiger partial charge in [-0.3, -0.25) is 0 Å². The Hall–Kier alpha value is 2.80. The van der Waals surface area contributed by atoms with Crippen molar-refractivity contribution in [1.29, 1.82) is 0 Å². The van der Waals surface area contributed by atoms with Crippen LogP contribution in [0, 0.1) is 0 Å². The van der Waals surface area contributed by atoms with E-state index >= 15 is 0 Å². The molecule has 2 N–H and O–H groups in total. The van der Waals surface area contributed by atoms with Gasteiger partial charge in [-0.15, -0.1) is 0 Å². The van der Waals surface area contributed by atoms with Crippen LogP contribution in [0.2, 0.25) is 0 Å². The second-order valence-electron chi connectivity index (χ2n) is 1.57. The Morgan fingerprint density at radius 2 is 1.50 bits per heavy atom. The number of halogens is 4. The molecule has 0 radical (unpaired) electrons. The van der Waals surface area contributed by atoms with E-state index in [0.717, 1.165) is 6.54 Å². The molecular formula is C4H11Br4NPb. The van der Waals surface area contributed by atoms with E-state index in [2.05, 4.69) is 54.9 Å². The summed E-state index contributed by atoms with van der Waals surface area (Å²) < 4.78 is 0. The SMILES string of the molecule is CCCCN.[Br][Pb]([Br])([Br])[Br]. The molecular weight excluding hydrogens is 589 g/mol. The molecule has 10 heavy (non-hydrogen) atoms. The zero-order valence-corrected chi connectivity index (χ0v) is 15.9. The molecule has 0 saturated carbocycles. The van der Waals surface area contributed by atoms with E-state index in [0.29, 0.717) is 0 Å². The minimum absolute atomic E-state index is 0.844. The van der Waals surface area contributed by atoms with E-state index in [1.165, 1.54) is 12.8 Å². The molecule has 0 aromatic carbocycles. The average Bonchev–Trinajstić information content (AvgIpc) is 1.63. The fraction of sp³-hybridized carbons (Fsp3) is 1.00. The first-order chi connectivity index (χ1) is 4.41. The molecule has 0 amide bonds. The molecule has 1 nitrogen and oxygen atoms in total. The van der Waals surface area contributed by atoms with Gasteiger partial charge in [0.15, 0.2) is 0 Å². The van der Waals surface area contributed by atoms with Gasteiger partial charge >= 0.3 is 59.5 Å². The number of rotatable bonds is 2. The monoisotopic (exact) mass is 597 g/mol. The molecule has 0 spiro atoms. The Balaban J connectivity index is 0. The molecule has 64 valence electrons. The second kappa shape index (κ2) is 9.89. The van der Waals surface area contributed by atoms with Crippen molar-refractivity contribution in [3.05, 3.63) is 0 Å². The Bertz CT molecular complexity index is 56.8. The third kappa shape index (κ3) is 45.0. The Morgan fingerprint density at radius 3 is 1.50 bits per heavy atom. The third-order valence-corrected chi connectivity index (χ3v) is 0.558. The van der Waals surface area contributed by atoms with Crippen LogP contribution < -0.4 is 5.73 Å². The molecule has 0 rings (SSSR count). The van der Waals surface area contributed by atoms with Gasteiger partial charge in [0.2, 0.25) is 0 Å². The predicted molar refractivity (Wildman–Crippen MR) is 65.4 cm³/mol. The van der Waals surface area contributed by atoms with Crippen LogP contribution in [-0.2, 0) is 0 Å². The molecule has 0 saturated heterocycles. The average molecular weight is 600 g/mol. The minimum atomic E-state index is -2.03. The summed E-state index contributed by atoms with van der Waals surface area (Å²) >= 11 is 11.4. The summed E-state index contributed by atoms with van der Waals surface area (Å²) in [4.78, 5) is 0. The van der Waals surface area contributed by atoms with Crippen LogP contribution in [0.3, 0.4) is 0 Å². The first-order valence-electron chi connectivity index (χ1n) is 2.87. The maximum atomic E-state index is 5.14. The standard InChI is InChI=1S/C4H11N.4BrH.Pb/c1-2-3-4-5;;;;;/h2-5H2,1H3;4*1H;/q;;;;;+4/p-4. The second-order valence-corrected chi connectivity index (χ2v) is 103. The number of hydrogen-bond acceptors (Lipinski definition) is 1. The molecule has 0 heterocycles. The Labute approximate surface area is 89.8 Å². The Morgan fingerprint density at radius 1 is 1.20 bits per heavy atom. The molecule has 0 aromatic heterocycles. The van der Waals surface area contributed by atoms with E-state index in [9.17, 15) is 0 Å². The first-order valence-corrected chi connectivity index (χ1v) is 36.6. The van der Waals surface area contributed by atoms with Gasteiger partial charge < -0.3 is 5.73 Å². The summed E-state index contributed by atoms with van der Waals surface area (Å²) in [5.41, 5.74) is 5.14. The number of nitrogens with two attached hydrogens (primary N) is 1. The number of hydrogen-bond donors (Lipinski definition) is 1. The summed E-state index contributed by atoms with van der Waals surface area (Å²) in [5, 5.41) is 0. The molecule has 6 heteroatoms. The van der Waals surface area contributed by atoms with E-state index in [-0.39, 0.29) is 0 Å². The number of unbranched alkanes of at least 4 members (excludes halogenated alkanes) is 1. The van der Waals surface area contributed by atoms with Gasteiger partial charge in [-0.25, -0.2) is 0 Å². The zero-order valence-electron chi connectivity index (χ0n) is 5.71. The molecule has 0 bridgehead atoms. The molecule has 0 aromatic rings. The van der Waals surface area contributed by atoms with Gasteiger partial charge in [0.25, 0.3) is 0 Å². The van der Waals surface area contributed by atoms with Crippen molar-refractivity contribution in [1.82, 2.24) is 0 Å². The van der Waals surface area contributed by atoms with Crippen molar-refractivity contribution < 1.29 is 0 Å². The van der Waals surface area contributed by atoms with Crippen LogP contribution in [0.25, 0.3) is 0 Å². The van der Waals surface area contributed by atoms with Gasteiger partial charge in [-0.05, 0) is 13.0 Å². The molecule has 0 aliphatic rings. The van der Waals surface area contributed by atoms with Crippen molar-refractivity contribution in [3.63, 3.8) is 0 Å². The normalized spacial score (nSPS) is 10.2. The van der Waals surface area contributed by atoms with E-state index in [1.54, 1.807) is 0 Å². The van der Waals surface area contributed by atoms with Crippen molar-refractivity contribution >= 4 is 59.5 Å². The van der Waals surface area contributed by atoms with Crippen molar-refractivity contribution in [2.24, 2.45) is 5.73 Å². The van der Waals surface area contributed by atoms with Gasteiger partial charge in [0, 0.05) is 0 Å². The van der Waals surface area contributed by atoms with Crippen LogP contribution in [0.5, 0.6) is 0 Å². The molecule has 0 fully saturated rings. The van der Waals surface area contributed by atoms with Crippen LogP contribution >= 0.6 is 47.9 Å². The van der Waals surface area contributed by atoms with Crippen molar-refractivity contribution in [2.75, 3.05) is 6.54 Å². The van der Waals surface area contributed by atoms with Gasteiger partial charge in [-0.2, -0.15) is 0 Å². The summed E-state index contributed by atoms with van der Waals surface area (Å²) in [7, 11) is 0. The summed E-state index contributed by atoms with van der Waals surface area (Å²) in [5.74, 6) is 0. The first kappa shape index (κ1) is 15.3. The van der Waals surface area contributed by atoms with Gasteiger partial charge in [0.05, 0.1) is 0 Å². The van der Waals surface area contributed by atoms with Crippen LogP contribution in [0.15, 0.2) is 0 Å². The Kier molecular flexibility index (Phi) is 15.1. The summed E-state index contributed by atoms with van der Waals surface area (Å²) in [6.07, 6.45) is 2.39. The zero-order chi connectivity index (χ0) is 8.62. The maximum absolute atomic E-state index is 5.14. The molecule has 0 aliphatic carbocycles. The fourth-order valence-corrected chi connectivity index (χ4v) is 0.204. The van der Waals surface area contributed by atoms with Crippen molar-refractivity contribution in [3.8, 4) is 0 Å². The van der Waals surface area contributed by atoms with Crippen LogP contribution in [0.1, 0.15) is 19.8 Å². The van der Waals surface area contributed by atoms with Crippen molar-refractivity contribution in [2.45, 2.75) is 19.8 Å². The predicted octanol–water partition coefficient (Wildman–Crippen LogP) is 3.75. The summed E-state index contributed by atoms with van der Waals surface area (Å²) in [6, 6.07) is 0. The topological polar surface area (TPSA) is 26.0 Å². The molecule has 0 aliphatic heterocycles. The molecule has 0 unspecified atom stereocenters. The van der Waals surface area contributed by atoms with Gasteiger partial charge in [-0.1, -0.05) is 13.3 Å². The molecule has 0 atom stereocenters. The summed E-state index contributed by atoms with van der Waals surface area (Å²) in [6.45, 7) is 2.98. The quantitative estimate of drug-likeness (QED) is 0.481. The van der Waals surface area contributed by atoms with Gasteiger partial charge in [0.1, 0.15) is 0 Å². The third-order valence-electron chi connectivity index (χ3n) is 0.558. The van der Waals surface area contributed by atoms with E-state index in [1.807, 2.05) is 0 Å². The fourth-order valence-electron chi connectivity index (χ4n) is 0.204. The van der Waals surface area contributed by atoms with E-state index in [4.69, 9.17) is 5.73 Å².